The van der Waals surface area contributed by atoms with Gasteiger partial charge in [0, 0.05) is 80.7 Å². The van der Waals surface area contributed by atoms with E-state index in [0.29, 0.717) is 25.8 Å². The van der Waals surface area contributed by atoms with Crippen molar-refractivity contribution in [1.82, 2.24) is 24.8 Å². The number of ether oxygens (including phenoxy) is 3. The minimum atomic E-state index is -0.654. The minimum absolute atomic E-state index is 0.524. The summed E-state index contributed by atoms with van der Waals surface area (Å²) in [5.74, 6) is 5.51. The van der Waals surface area contributed by atoms with Crippen molar-refractivity contribution in [2.45, 2.75) is 31.8 Å². The third-order valence-corrected chi connectivity index (χ3v) is 10.5. The van der Waals surface area contributed by atoms with E-state index in [1.54, 1.807) is 20.5 Å². The summed E-state index contributed by atoms with van der Waals surface area (Å²) >= 11 is 0. The second-order valence-corrected chi connectivity index (χ2v) is 13.3. The highest BCUT2D eigenvalue weighted by Crippen LogP contribution is 2.37. The molecule has 4 aliphatic heterocycles. The Morgan fingerprint density at radius 1 is 0.791 bits per heavy atom. The molecule has 2 aromatic heterocycles. The highest BCUT2D eigenvalue weighted by atomic mass is 32.2. The summed E-state index contributed by atoms with van der Waals surface area (Å²) < 4.78 is 28.7. The molecule has 1 aromatic carbocycles. The van der Waals surface area contributed by atoms with Crippen molar-refractivity contribution in [2.75, 3.05) is 99.5 Å². The van der Waals surface area contributed by atoms with Crippen molar-refractivity contribution in [2.24, 2.45) is 0 Å². The molecule has 230 valence electrons. The fourth-order valence-corrected chi connectivity index (χ4v) is 7.87. The standard InChI is InChI=1S/C30H40N8O4S/c1-40-24-17-21-3-6-38(19-22(21)18-25(24)41-2)28-27-26(31-20-32-28)29(36-9-13-42-14-10-36)34-30(33-27)37-7-4-23(5-8-37)35-11-15-43(39)16-12-35/h17-18,20,23H,3-16,19H2,1-2H3. The molecule has 3 saturated heterocycles. The molecule has 7 rings (SSSR count). The molecule has 0 atom stereocenters. The first kappa shape index (κ1) is 28.5. The van der Waals surface area contributed by atoms with E-state index < -0.39 is 10.8 Å². The lowest BCUT2D eigenvalue weighted by atomic mass is 9.98. The maximum absolute atomic E-state index is 11.9. The maximum Gasteiger partial charge on any atom is 0.228 e. The van der Waals surface area contributed by atoms with Crippen LogP contribution in [0, 0.1) is 0 Å². The van der Waals surface area contributed by atoms with E-state index in [1.165, 1.54) is 11.1 Å². The van der Waals surface area contributed by atoms with Crippen LogP contribution in [-0.2, 0) is 28.5 Å². The van der Waals surface area contributed by atoms with Crippen LogP contribution in [0.5, 0.6) is 11.5 Å². The Labute approximate surface area is 254 Å². The lowest BCUT2D eigenvalue weighted by Gasteiger charge is -2.40. The van der Waals surface area contributed by atoms with Gasteiger partial charge in [-0.2, -0.15) is 4.98 Å². The van der Waals surface area contributed by atoms with Gasteiger partial charge in [-0.15, -0.1) is 0 Å². The summed E-state index contributed by atoms with van der Waals surface area (Å²) in [5.41, 5.74) is 4.03. The summed E-state index contributed by atoms with van der Waals surface area (Å²) in [6.45, 7) is 8.02. The number of hydrogen-bond acceptors (Lipinski definition) is 12. The summed E-state index contributed by atoms with van der Waals surface area (Å²) in [6, 6.07) is 4.69. The van der Waals surface area contributed by atoms with Crippen LogP contribution < -0.4 is 24.2 Å². The average Bonchev–Trinajstić information content (AvgIpc) is 3.07. The molecule has 0 spiro atoms. The first-order valence-corrected chi connectivity index (χ1v) is 16.8. The van der Waals surface area contributed by atoms with Gasteiger partial charge in [0.05, 0.1) is 27.4 Å². The molecule has 13 heteroatoms. The van der Waals surface area contributed by atoms with Crippen molar-refractivity contribution in [3.05, 3.63) is 29.6 Å². The molecule has 0 radical (unpaired) electrons. The average molecular weight is 609 g/mol. The van der Waals surface area contributed by atoms with E-state index in [1.807, 2.05) is 0 Å². The molecule has 0 aliphatic carbocycles. The number of aromatic nitrogens is 4. The second-order valence-electron chi connectivity index (χ2n) is 11.6. The monoisotopic (exact) mass is 608 g/mol. The van der Waals surface area contributed by atoms with Crippen LogP contribution in [0.4, 0.5) is 17.6 Å². The van der Waals surface area contributed by atoms with Crippen LogP contribution in [0.3, 0.4) is 0 Å². The smallest absolute Gasteiger partial charge is 0.228 e. The van der Waals surface area contributed by atoms with Gasteiger partial charge in [0.15, 0.2) is 23.1 Å². The number of benzene rings is 1. The van der Waals surface area contributed by atoms with Gasteiger partial charge in [0.2, 0.25) is 5.95 Å². The zero-order chi connectivity index (χ0) is 29.3. The molecule has 0 unspecified atom stereocenters. The van der Waals surface area contributed by atoms with Gasteiger partial charge in [0.1, 0.15) is 17.4 Å². The summed E-state index contributed by atoms with van der Waals surface area (Å²) in [5, 5.41) is 0. The quantitative estimate of drug-likeness (QED) is 0.408. The van der Waals surface area contributed by atoms with E-state index >= 15 is 0 Å². The molecular formula is C30H40N8O4S. The van der Waals surface area contributed by atoms with Crippen LogP contribution in [-0.4, -0.2) is 120 Å². The van der Waals surface area contributed by atoms with E-state index in [4.69, 9.17) is 34.1 Å². The Hall–Kier alpha value is -3.29. The van der Waals surface area contributed by atoms with Crippen LogP contribution >= 0.6 is 0 Å². The van der Waals surface area contributed by atoms with E-state index in [0.717, 1.165) is 117 Å². The van der Waals surface area contributed by atoms with E-state index in [2.05, 4.69) is 31.7 Å². The van der Waals surface area contributed by atoms with Crippen LogP contribution in [0.2, 0.25) is 0 Å². The Balaban J connectivity index is 1.21. The fourth-order valence-electron chi connectivity index (χ4n) is 6.79. The SMILES string of the molecule is COc1cc2c(cc1OC)CN(c1ncnc3c(N4CCOCC4)nc(N4CCC(N5CCS(=O)CC5)CC4)nc13)CC2. The summed E-state index contributed by atoms with van der Waals surface area (Å²) in [4.78, 5) is 29.3. The number of hydrogen-bond donors (Lipinski definition) is 0. The second kappa shape index (κ2) is 12.4. The van der Waals surface area contributed by atoms with Crippen molar-refractivity contribution in [3.63, 3.8) is 0 Å². The van der Waals surface area contributed by atoms with E-state index in [9.17, 15) is 4.21 Å². The molecule has 6 heterocycles. The Bertz CT molecular complexity index is 1480. The van der Waals surface area contributed by atoms with Crippen molar-refractivity contribution in [3.8, 4) is 11.5 Å². The normalized spacial score (nSPS) is 20.8. The molecule has 0 saturated carbocycles. The number of morpholine rings is 1. The van der Waals surface area contributed by atoms with Gasteiger partial charge in [-0.05, 0) is 42.5 Å². The third-order valence-electron chi connectivity index (χ3n) is 9.24. The predicted octanol–water partition coefficient (Wildman–Crippen LogP) is 1.87. The molecule has 4 aliphatic rings. The highest BCUT2D eigenvalue weighted by Gasteiger charge is 2.30. The van der Waals surface area contributed by atoms with Gasteiger partial charge in [0.25, 0.3) is 0 Å². The molecule has 43 heavy (non-hydrogen) atoms. The highest BCUT2D eigenvalue weighted by molar-refractivity contribution is 7.85. The third kappa shape index (κ3) is 5.69. The zero-order valence-corrected chi connectivity index (χ0v) is 25.9. The number of rotatable bonds is 6. The molecule has 0 N–H and O–H groups in total. The Kier molecular flexibility index (Phi) is 8.19. The number of methoxy groups -OCH3 is 2. The summed E-state index contributed by atoms with van der Waals surface area (Å²) in [6.07, 6.45) is 4.61. The largest absolute Gasteiger partial charge is 0.493 e. The molecule has 0 amide bonds. The van der Waals surface area contributed by atoms with Gasteiger partial charge in [-0.1, -0.05) is 0 Å². The molecule has 3 aromatic rings. The maximum atomic E-state index is 11.9. The predicted molar refractivity (Wildman–Crippen MR) is 167 cm³/mol. The lowest BCUT2D eigenvalue weighted by molar-refractivity contribution is 0.122. The first-order chi connectivity index (χ1) is 21.1. The van der Waals surface area contributed by atoms with Gasteiger partial charge >= 0.3 is 0 Å². The van der Waals surface area contributed by atoms with Gasteiger partial charge in [-0.25, -0.2) is 15.0 Å². The number of nitrogens with zero attached hydrogens (tertiary/aromatic N) is 8. The van der Waals surface area contributed by atoms with Crippen molar-refractivity contribution < 1.29 is 18.4 Å². The summed E-state index contributed by atoms with van der Waals surface area (Å²) in [7, 11) is 2.69. The van der Waals surface area contributed by atoms with Crippen LogP contribution in [0.25, 0.3) is 11.0 Å². The number of fused-ring (bicyclic) bond motifs is 2. The number of anilines is 3. The first-order valence-electron chi connectivity index (χ1n) is 15.3. The van der Waals surface area contributed by atoms with Crippen molar-refractivity contribution in [1.29, 1.82) is 0 Å². The van der Waals surface area contributed by atoms with Gasteiger partial charge < -0.3 is 28.9 Å². The molecule has 12 nitrogen and oxygen atoms in total. The fraction of sp³-hybridized carbons (Fsp3) is 0.600. The van der Waals surface area contributed by atoms with Crippen LogP contribution in [0.15, 0.2) is 18.5 Å². The Morgan fingerprint density at radius 3 is 2.23 bits per heavy atom. The molecule has 0 bridgehead atoms. The Morgan fingerprint density at radius 2 is 1.51 bits per heavy atom. The molecular weight excluding hydrogens is 568 g/mol. The molecule has 3 fully saturated rings. The van der Waals surface area contributed by atoms with Crippen molar-refractivity contribution >= 4 is 39.4 Å². The lowest BCUT2D eigenvalue weighted by Crippen LogP contribution is -2.49. The van der Waals surface area contributed by atoms with E-state index in [-0.39, 0.29) is 0 Å². The van der Waals surface area contributed by atoms with Crippen LogP contribution in [0.1, 0.15) is 24.0 Å². The van der Waals surface area contributed by atoms with Gasteiger partial charge in [-0.3, -0.25) is 9.11 Å². The zero-order valence-electron chi connectivity index (χ0n) is 25.0. The number of piperidine rings is 1. The topological polar surface area (TPSA) is 109 Å². The minimum Gasteiger partial charge on any atom is -0.493 e.